The lowest BCUT2D eigenvalue weighted by Crippen LogP contribution is -2.06. The summed E-state index contributed by atoms with van der Waals surface area (Å²) in [6.45, 7) is 0. The minimum Gasteiger partial charge on any atom is -0.372 e. The van der Waals surface area contributed by atoms with Crippen molar-refractivity contribution in [1.82, 2.24) is 19.6 Å². The summed E-state index contributed by atoms with van der Waals surface area (Å²) in [7, 11) is 1.89. The van der Waals surface area contributed by atoms with E-state index in [9.17, 15) is 4.79 Å². The largest absolute Gasteiger partial charge is 0.372 e. The zero-order valence-electron chi connectivity index (χ0n) is 15.5. The molecule has 138 valence electrons. The fourth-order valence-electron chi connectivity index (χ4n) is 3.47. The first kappa shape index (κ1) is 16.6. The van der Waals surface area contributed by atoms with Gasteiger partial charge in [0.25, 0.3) is 5.78 Å². The van der Waals surface area contributed by atoms with Gasteiger partial charge in [-0.25, -0.2) is 4.98 Å². The number of benzene rings is 2. The monoisotopic (exact) mass is 369 g/mol. The molecule has 0 aliphatic heterocycles. The summed E-state index contributed by atoms with van der Waals surface area (Å²) < 4.78 is 1.80. The highest BCUT2D eigenvalue weighted by atomic mass is 16.1. The number of anilines is 1. The molecule has 2 heterocycles. The lowest BCUT2D eigenvalue weighted by atomic mass is 9.99. The van der Waals surface area contributed by atoms with E-state index >= 15 is 0 Å². The SMILES string of the molecule is CNc1c(-c2ccccc2)c(-c2ccc(C=O)cc2)nc2nc(C3CC3)nn12. The van der Waals surface area contributed by atoms with Crippen LogP contribution < -0.4 is 5.32 Å². The van der Waals surface area contributed by atoms with Crippen molar-refractivity contribution in [2.75, 3.05) is 12.4 Å². The average molecular weight is 369 g/mol. The molecule has 0 amide bonds. The predicted molar refractivity (Wildman–Crippen MR) is 109 cm³/mol. The normalized spacial score (nSPS) is 13.6. The van der Waals surface area contributed by atoms with Gasteiger partial charge in [0, 0.05) is 24.1 Å². The number of rotatable bonds is 5. The summed E-state index contributed by atoms with van der Waals surface area (Å²) in [6.07, 6.45) is 3.12. The molecule has 1 N–H and O–H groups in total. The molecule has 6 heteroatoms. The van der Waals surface area contributed by atoms with Gasteiger partial charge in [0.05, 0.1) is 11.3 Å². The van der Waals surface area contributed by atoms with E-state index in [4.69, 9.17) is 10.1 Å². The van der Waals surface area contributed by atoms with E-state index in [0.717, 1.165) is 53.2 Å². The van der Waals surface area contributed by atoms with E-state index in [0.29, 0.717) is 17.3 Å². The van der Waals surface area contributed by atoms with Crippen LogP contribution in [-0.4, -0.2) is 32.9 Å². The highest BCUT2D eigenvalue weighted by Gasteiger charge is 2.29. The van der Waals surface area contributed by atoms with Crippen LogP contribution >= 0.6 is 0 Å². The van der Waals surface area contributed by atoms with E-state index in [-0.39, 0.29) is 0 Å². The number of carbonyl (C=O) groups excluding carboxylic acids is 1. The molecule has 0 radical (unpaired) electrons. The predicted octanol–water partition coefficient (Wildman–Crippen LogP) is 4.19. The molecule has 0 bridgehead atoms. The lowest BCUT2D eigenvalue weighted by molar-refractivity contribution is 0.112. The molecule has 0 unspecified atom stereocenters. The Balaban J connectivity index is 1.81. The molecule has 0 saturated heterocycles. The molecular formula is C22H19N5O. The van der Waals surface area contributed by atoms with Crippen molar-refractivity contribution < 1.29 is 4.79 Å². The van der Waals surface area contributed by atoms with Crippen molar-refractivity contribution >= 4 is 17.9 Å². The first-order chi connectivity index (χ1) is 13.8. The first-order valence-electron chi connectivity index (χ1n) is 9.38. The second kappa shape index (κ2) is 6.56. The van der Waals surface area contributed by atoms with Crippen LogP contribution in [0.15, 0.2) is 54.6 Å². The third kappa shape index (κ3) is 2.74. The highest BCUT2D eigenvalue weighted by molar-refractivity contribution is 5.90. The van der Waals surface area contributed by atoms with Crippen LogP contribution in [0.25, 0.3) is 28.2 Å². The van der Waals surface area contributed by atoms with Gasteiger partial charge >= 0.3 is 0 Å². The highest BCUT2D eigenvalue weighted by Crippen LogP contribution is 2.40. The third-order valence-corrected chi connectivity index (χ3v) is 5.07. The molecular weight excluding hydrogens is 350 g/mol. The smallest absolute Gasteiger partial charge is 0.254 e. The van der Waals surface area contributed by atoms with Crippen LogP contribution in [-0.2, 0) is 0 Å². The van der Waals surface area contributed by atoms with Crippen LogP contribution in [0.1, 0.15) is 34.9 Å². The molecule has 28 heavy (non-hydrogen) atoms. The molecule has 1 aliphatic carbocycles. The molecule has 6 nitrogen and oxygen atoms in total. The van der Waals surface area contributed by atoms with Crippen LogP contribution in [0.5, 0.6) is 0 Å². The number of fused-ring (bicyclic) bond motifs is 1. The fourth-order valence-corrected chi connectivity index (χ4v) is 3.47. The minimum atomic E-state index is 0.446. The van der Waals surface area contributed by atoms with Crippen LogP contribution in [0.3, 0.4) is 0 Å². The van der Waals surface area contributed by atoms with E-state index in [2.05, 4.69) is 22.4 Å². The molecule has 0 spiro atoms. The molecule has 5 rings (SSSR count). The molecule has 2 aromatic heterocycles. The van der Waals surface area contributed by atoms with E-state index in [1.54, 1.807) is 4.52 Å². The van der Waals surface area contributed by atoms with Crippen molar-refractivity contribution in [3.8, 4) is 22.4 Å². The number of carbonyl (C=O) groups is 1. The van der Waals surface area contributed by atoms with E-state index in [1.165, 1.54) is 0 Å². The summed E-state index contributed by atoms with van der Waals surface area (Å²) >= 11 is 0. The number of aromatic nitrogens is 4. The second-order valence-electron chi connectivity index (χ2n) is 7.00. The van der Waals surface area contributed by atoms with Gasteiger partial charge < -0.3 is 5.32 Å². The summed E-state index contributed by atoms with van der Waals surface area (Å²) in [5.41, 5.74) is 4.38. The maximum atomic E-state index is 11.0. The number of nitrogens with zero attached hydrogens (tertiary/aromatic N) is 4. The number of hydrogen-bond donors (Lipinski definition) is 1. The summed E-state index contributed by atoms with van der Waals surface area (Å²) in [5, 5.41) is 8.03. The summed E-state index contributed by atoms with van der Waals surface area (Å²) in [6, 6.07) is 17.6. The van der Waals surface area contributed by atoms with Crippen LogP contribution in [0.4, 0.5) is 5.82 Å². The quantitative estimate of drug-likeness (QED) is 0.534. The molecule has 1 saturated carbocycles. The Hall–Kier alpha value is -3.54. The first-order valence-corrected chi connectivity index (χ1v) is 9.38. The van der Waals surface area contributed by atoms with Crippen LogP contribution in [0, 0.1) is 0 Å². The summed E-state index contributed by atoms with van der Waals surface area (Å²) in [5.74, 6) is 2.74. The topological polar surface area (TPSA) is 72.2 Å². The van der Waals surface area contributed by atoms with Gasteiger partial charge in [-0.3, -0.25) is 4.79 Å². The Morgan fingerprint density at radius 1 is 1.00 bits per heavy atom. The molecule has 1 aliphatic rings. The Bertz CT molecular complexity index is 1160. The Kier molecular flexibility index (Phi) is 3.90. The number of aldehydes is 1. The Morgan fingerprint density at radius 3 is 2.39 bits per heavy atom. The maximum absolute atomic E-state index is 11.0. The van der Waals surface area contributed by atoms with E-state index in [1.807, 2.05) is 49.5 Å². The van der Waals surface area contributed by atoms with Gasteiger partial charge in [0.1, 0.15) is 12.1 Å². The van der Waals surface area contributed by atoms with E-state index < -0.39 is 0 Å². The van der Waals surface area contributed by atoms with Crippen molar-refractivity contribution in [2.24, 2.45) is 0 Å². The zero-order chi connectivity index (χ0) is 19.1. The minimum absolute atomic E-state index is 0.446. The fraction of sp³-hybridized carbons (Fsp3) is 0.182. The van der Waals surface area contributed by atoms with Crippen molar-refractivity contribution in [3.05, 3.63) is 66.0 Å². The Labute approximate surface area is 162 Å². The second-order valence-corrected chi connectivity index (χ2v) is 7.00. The van der Waals surface area contributed by atoms with Gasteiger partial charge in [-0.1, -0.05) is 54.6 Å². The van der Waals surface area contributed by atoms with Crippen molar-refractivity contribution in [3.63, 3.8) is 0 Å². The van der Waals surface area contributed by atoms with Crippen molar-refractivity contribution in [1.29, 1.82) is 0 Å². The Morgan fingerprint density at radius 2 is 1.75 bits per heavy atom. The number of nitrogens with one attached hydrogen (secondary N) is 1. The number of hydrogen-bond acceptors (Lipinski definition) is 5. The zero-order valence-corrected chi connectivity index (χ0v) is 15.5. The maximum Gasteiger partial charge on any atom is 0.254 e. The molecule has 1 fully saturated rings. The van der Waals surface area contributed by atoms with Crippen LogP contribution in [0.2, 0.25) is 0 Å². The standard InChI is InChI=1S/C22H19N5O/c1-23-21-18(15-5-3-2-4-6-15)19(16-9-7-14(13-28)8-10-16)24-22-25-20(17-11-12-17)26-27(21)22/h2-10,13,17,23H,11-12H2,1H3. The average Bonchev–Trinajstić information content (AvgIpc) is 3.52. The van der Waals surface area contributed by atoms with Crippen molar-refractivity contribution in [2.45, 2.75) is 18.8 Å². The van der Waals surface area contributed by atoms with Gasteiger partial charge in [0.2, 0.25) is 0 Å². The van der Waals surface area contributed by atoms with Gasteiger partial charge in [-0.2, -0.15) is 9.50 Å². The molecule has 0 atom stereocenters. The summed E-state index contributed by atoms with van der Waals surface area (Å²) in [4.78, 5) is 20.6. The van der Waals surface area contributed by atoms with Gasteiger partial charge in [-0.15, -0.1) is 5.10 Å². The van der Waals surface area contributed by atoms with Gasteiger partial charge in [-0.05, 0) is 18.4 Å². The van der Waals surface area contributed by atoms with Gasteiger partial charge in [0.15, 0.2) is 5.82 Å². The molecule has 4 aromatic rings. The lowest BCUT2D eigenvalue weighted by Gasteiger charge is -2.15. The molecule has 2 aromatic carbocycles. The third-order valence-electron chi connectivity index (χ3n) is 5.07.